The maximum Gasteiger partial charge on any atom is 0.225 e. The summed E-state index contributed by atoms with van der Waals surface area (Å²) < 4.78 is 0. The molecule has 1 amide bonds. The molecule has 3 heterocycles. The minimum atomic E-state index is -0.0481. The lowest BCUT2D eigenvalue weighted by Crippen LogP contribution is -2.43. The molecule has 1 atom stereocenters. The quantitative estimate of drug-likeness (QED) is 0.744. The van der Waals surface area contributed by atoms with Crippen LogP contribution in [0, 0.1) is 5.92 Å². The van der Waals surface area contributed by atoms with E-state index in [0.29, 0.717) is 13.1 Å². The van der Waals surface area contributed by atoms with E-state index < -0.39 is 0 Å². The first-order chi connectivity index (χ1) is 13.8. The lowest BCUT2D eigenvalue weighted by Gasteiger charge is -2.32. The maximum atomic E-state index is 12.6. The molecule has 4 rings (SSSR count). The van der Waals surface area contributed by atoms with Gasteiger partial charge in [0.25, 0.3) is 0 Å². The smallest absolute Gasteiger partial charge is 0.225 e. The summed E-state index contributed by atoms with van der Waals surface area (Å²) in [6.07, 6.45) is 3.59. The Morgan fingerprint density at radius 3 is 2.64 bits per heavy atom. The molecule has 0 radical (unpaired) electrons. The number of piperidine rings is 1. The highest BCUT2D eigenvalue weighted by molar-refractivity contribution is 5.79. The number of pyridine rings is 1. The van der Waals surface area contributed by atoms with Crippen LogP contribution in [-0.4, -0.2) is 34.2 Å². The molecule has 28 heavy (non-hydrogen) atoms. The van der Waals surface area contributed by atoms with Crippen LogP contribution in [0.15, 0.2) is 66.9 Å². The van der Waals surface area contributed by atoms with Crippen LogP contribution in [0.3, 0.4) is 0 Å². The van der Waals surface area contributed by atoms with Crippen molar-refractivity contribution < 1.29 is 4.79 Å². The minimum absolute atomic E-state index is 0.0481. The van der Waals surface area contributed by atoms with E-state index in [9.17, 15) is 4.79 Å². The second kappa shape index (κ2) is 8.61. The highest BCUT2D eigenvalue weighted by Crippen LogP contribution is 2.23. The average molecular weight is 373 g/mol. The summed E-state index contributed by atoms with van der Waals surface area (Å²) in [7, 11) is 0. The SMILES string of the molecule is O=C(NCc1ccccn1)[C@H]1CCCN(c2ccc(-c3ccccc3)nn2)C1. The van der Waals surface area contributed by atoms with Gasteiger partial charge in [-0.1, -0.05) is 36.4 Å². The van der Waals surface area contributed by atoms with Crippen LogP contribution in [0.4, 0.5) is 5.82 Å². The fourth-order valence-corrected chi connectivity index (χ4v) is 3.48. The van der Waals surface area contributed by atoms with Gasteiger partial charge in [-0.3, -0.25) is 9.78 Å². The first-order valence-corrected chi connectivity index (χ1v) is 9.61. The van der Waals surface area contributed by atoms with E-state index in [-0.39, 0.29) is 11.8 Å². The largest absolute Gasteiger partial charge is 0.354 e. The first kappa shape index (κ1) is 18.1. The van der Waals surface area contributed by atoms with Crippen molar-refractivity contribution in [2.75, 3.05) is 18.0 Å². The van der Waals surface area contributed by atoms with Crippen molar-refractivity contribution >= 4 is 11.7 Å². The summed E-state index contributed by atoms with van der Waals surface area (Å²) in [6.45, 7) is 2.01. The molecule has 6 heteroatoms. The molecule has 1 aromatic carbocycles. The summed E-state index contributed by atoms with van der Waals surface area (Å²) in [5.41, 5.74) is 2.77. The predicted molar refractivity (Wildman–Crippen MR) is 108 cm³/mol. The molecule has 1 N–H and O–H groups in total. The van der Waals surface area contributed by atoms with Gasteiger partial charge in [-0.15, -0.1) is 10.2 Å². The van der Waals surface area contributed by atoms with Crippen molar-refractivity contribution in [3.63, 3.8) is 0 Å². The van der Waals surface area contributed by atoms with Crippen LogP contribution in [0.2, 0.25) is 0 Å². The number of amides is 1. The van der Waals surface area contributed by atoms with Gasteiger partial charge in [0, 0.05) is 24.8 Å². The van der Waals surface area contributed by atoms with Crippen molar-refractivity contribution in [2.45, 2.75) is 19.4 Å². The summed E-state index contributed by atoms with van der Waals surface area (Å²) in [5, 5.41) is 11.8. The Labute approximate surface area is 164 Å². The highest BCUT2D eigenvalue weighted by atomic mass is 16.1. The van der Waals surface area contributed by atoms with Gasteiger partial charge in [0.05, 0.1) is 23.9 Å². The van der Waals surface area contributed by atoms with E-state index >= 15 is 0 Å². The van der Waals surface area contributed by atoms with Crippen LogP contribution in [0.25, 0.3) is 11.3 Å². The van der Waals surface area contributed by atoms with Gasteiger partial charge >= 0.3 is 0 Å². The molecule has 0 saturated carbocycles. The van der Waals surface area contributed by atoms with Gasteiger partial charge < -0.3 is 10.2 Å². The zero-order valence-corrected chi connectivity index (χ0v) is 15.7. The Morgan fingerprint density at radius 2 is 1.89 bits per heavy atom. The number of hydrogen-bond acceptors (Lipinski definition) is 5. The summed E-state index contributed by atoms with van der Waals surface area (Å²) in [4.78, 5) is 19.0. The molecular weight excluding hydrogens is 350 g/mol. The van der Waals surface area contributed by atoms with E-state index in [1.165, 1.54) is 0 Å². The second-order valence-electron chi connectivity index (χ2n) is 6.97. The summed E-state index contributed by atoms with van der Waals surface area (Å²) in [6, 6.07) is 19.7. The van der Waals surface area contributed by atoms with Gasteiger partial charge in [-0.25, -0.2) is 0 Å². The third-order valence-corrected chi connectivity index (χ3v) is 5.01. The Bertz CT molecular complexity index is 899. The number of hydrogen-bond donors (Lipinski definition) is 1. The normalized spacial score (nSPS) is 16.6. The van der Waals surface area contributed by atoms with Crippen LogP contribution in [-0.2, 0) is 11.3 Å². The first-order valence-electron chi connectivity index (χ1n) is 9.61. The number of carbonyl (C=O) groups excluding carboxylic acids is 1. The van der Waals surface area contributed by atoms with E-state index in [1.807, 2.05) is 60.7 Å². The zero-order chi connectivity index (χ0) is 19.2. The number of benzene rings is 1. The highest BCUT2D eigenvalue weighted by Gasteiger charge is 2.26. The zero-order valence-electron chi connectivity index (χ0n) is 15.7. The predicted octanol–water partition coefficient (Wildman–Crippen LogP) is 3.07. The fraction of sp³-hybridized carbons (Fsp3) is 0.273. The van der Waals surface area contributed by atoms with Gasteiger partial charge in [0.15, 0.2) is 5.82 Å². The summed E-state index contributed by atoms with van der Waals surface area (Å²) in [5.74, 6) is 0.846. The average Bonchev–Trinajstić information content (AvgIpc) is 2.79. The van der Waals surface area contributed by atoms with Crippen LogP contribution in [0.5, 0.6) is 0 Å². The van der Waals surface area contributed by atoms with Crippen LogP contribution < -0.4 is 10.2 Å². The molecule has 1 saturated heterocycles. The number of nitrogens with zero attached hydrogens (tertiary/aromatic N) is 4. The van der Waals surface area contributed by atoms with E-state index in [0.717, 1.165) is 42.2 Å². The van der Waals surface area contributed by atoms with E-state index in [2.05, 4.69) is 25.4 Å². The molecule has 0 aliphatic carbocycles. The molecule has 0 spiro atoms. The molecule has 3 aromatic rings. The van der Waals surface area contributed by atoms with Crippen molar-refractivity contribution in [2.24, 2.45) is 5.92 Å². The third kappa shape index (κ3) is 4.34. The van der Waals surface area contributed by atoms with Crippen molar-refractivity contribution in [3.05, 3.63) is 72.6 Å². The molecule has 1 fully saturated rings. The molecule has 142 valence electrons. The monoisotopic (exact) mass is 373 g/mol. The van der Waals surface area contributed by atoms with Crippen molar-refractivity contribution in [1.82, 2.24) is 20.5 Å². The third-order valence-electron chi connectivity index (χ3n) is 5.01. The topological polar surface area (TPSA) is 71.0 Å². The Balaban J connectivity index is 1.37. The molecule has 0 unspecified atom stereocenters. The Morgan fingerprint density at radius 1 is 1.04 bits per heavy atom. The minimum Gasteiger partial charge on any atom is -0.354 e. The number of carbonyl (C=O) groups is 1. The number of aromatic nitrogens is 3. The molecule has 0 bridgehead atoms. The Kier molecular flexibility index (Phi) is 5.56. The lowest BCUT2D eigenvalue weighted by atomic mass is 9.97. The van der Waals surface area contributed by atoms with E-state index in [1.54, 1.807) is 6.20 Å². The second-order valence-corrected chi connectivity index (χ2v) is 6.97. The molecule has 1 aliphatic rings. The molecule has 2 aromatic heterocycles. The maximum absolute atomic E-state index is 12.6. The van der Waals surface area contributed by atoms with Gasteiger partial charge in [-0.2, -0.15) is 0 Å². The number of anilines is 1. The molecule has 6 nitrogen and oxygen atoms in total. The van der Waals surface area contributed by atoms with Crippen LogP contribution in [0.1, 0.15) is 18.5 Å². The molecule has 1 aliphatic heterocycles. The van der Waals surface area contributed by atoms with Crippen molar-refractivity contribution in [1.29, 1.82) is 0 Å². The summed E-state index contributed by atoms with van der Waals surface area (Å²) >= 11 is 0. The van der Waals surface area contributed by atoms with Crippen LogP contribution >= 0.6 is 0 Å². The number of nitrogens with one attached hydrogen (secondary N) is 1. The number of rotatable bonds is 5. The standard InChI is InChI=1S/C22H23N5O/c28-22(24-15-19-10-4-5-13-23-19)18-9-6-14-27(16-18)21-12-11-20(25-26-21)17-7-2-1-3-8-17/h1-5,7-8,10-13,18H,6,9,14-16H2,(H,24,28)/t18-/m0/s1. The lowest BCUT2D eigenvalue weighted by molar-refractivity contribution is -0.125. The van der Waals surface area contributed by atoms with Gasteiger partial charge in [0.2, 0.25) is 5.91 Å². The van der Waals surface area contributed by atoms with E-state index in [4.69, 9.17) is 0 Å². The Hall–Kier alpha value is -3.28. The molecular formula is C22H23N5O. The van der Waals surface area contributed by atoms with Gasteiger partial charge in [-0.05, 0) is 37.1 Å². The van der Waals surface area contributed by atoms with Gasteiger partial charge in [0.1, 0.15) is 0 Å². The fourth-order valence-electron chi connectivity index (χ4n) is 3.48. The van der Waals surface area contributed by atoms with Crippen molar-refractivity contribution in [3.8, 4) is 11.3 Å².